The van der Waals surface area contributed by atoms with Crippen molar-refractivity contribution in [3.63, 3.8) is 0 Å². The molecule has 0 aromatic carbocycles. The Morgan fingerprint density at radius 1 is 1.05 bits per heavy atom. The number of hydrogen-bond donors (Lipinski definition) is 1. The van der Waals surface area contributed by atoms with Crippen molar-refractivity contribution >= 4 is 38.5 Å². The molecule has 6 nitrogen and oxygen atoms in total. The zero-order valence-corrected chi connectivity index (χ0v) is 12.5. The van der Waals surface area contributed by atoms with Gasteiger partial charge in [-0.1, -0.05) is 0 Å². The molecule has 106 valence electrons. The second kappa shape index (κ2) is 4.97. The molecule has 0 saturated heterocycles. The van der Waals surface area contributed by atoms with E-state index in [1.165, 1.54) is 0 Å². The maximum absolute atomic E-state index is 11.9. The van der Waals surface area contributed by atoms with Crippen molar-refractivity contribution < 1.29 is 4.79 Å². The maximum atomic E-state index is 11.9. The highest BCUT2D eigenvalue weighted by Crippen LogP contribution is 2.12. The number of aromatic nitrogens is 4. The fourth-order valence-electron chi connectivity index (χ4n) is 2.14. The average molecular weight is 317 g/mol. The lowest BCUT2D eigenvalue weighted by atomic mass is 10.3. The molecule has 21 heavy (non-hydrogen) atoms. The van der Waals surface area contributed by atoms with Crippen LogP contribution in [0, 0.1) is 0 Å². The minimum absolute atomic E-state index is 0.0443. The molecule has 0 aliphatic heterocycles. The Labute approximate surface area is 127 Å². The second-order valence-corrected chi connectivity index (χ2v) is 6.35. The standard InChI is InChI=1S/C13H11N5OS2/c19-11(5-9-7-17-1-3-20-12(17)15-9)14-6-10-8-18-2-4-21-13(18)16-10/h1-4,7-8H,5-6H2,(H,14,19). The van der Waals surface area contributed by atoms with Crippen molar-refractivity contribution in [1.82, 2.24) is 24.1 Å². The summed E-state index contributed by atoms with van der Waals surface area (Å²) in [4.78, 5) is 22.6. The molecule has 4 aromatic rings. The van der Waals surface area contributed by atoms with Crippen molar-refractivity contribution in [2.24, 2.45) is 0 Å². The van der Waals surface area contributed by atoms with Gasteiger partial charge >= 0.3 is 0 Å². The van der Waals surface area contributed by atoms with Crippen LogP contribution in [0.25, 0.3) is 9.92 Å². The highest BCUT2D eigenvalue weighted by molar-refractivity contribution is 7.15. The summed E-state index contributed by atoms with van der Waals surface area (Å²) in [5.74, 6) is -0.0443. The van der Waals surface area contributed by atoms with Crippen LogP contribution < -0.4 is 5.32 Å². The van der Waals surface area contributed by atoms with Crippen molar-refractivity contribution in [2.75, 3.05) is 0 Å². The molecule has 0 aliphatic carbocycles. The molecule has 0 atom stereocenters. The van der Waals surface area contributed by atoms with Gasteiger partial charge in [0.2, 0.25) is 5.91 Å². The molecule has 1 N–H and O–H groups in total. The van der Waals surface area contributed by atoms with Crippen LogP contribution >= 0.6 is 22.7 Å². The lowest BCUT2D eigenvalue weighted by Crippen LogP contribution is -2.24. The van der Waals surface area contributed by atoms with E-state index in [9.17, 15) is 4.79 Å². The van der Waals surface area contributed by atoms with Crippen LogP contribution in [0.4, 0.5) is 0 Å². The summed E-state index contributed by atoms with van der Waals surface area (Å²) >= 11 is 3.13. The lowest BCUT2D eigenvalue weighted by Gasteiger charge is -2.00. The Hall–Kier alpha value is -2.19. The van der Waals surface area contributed by atoms with Gasteiger partial charge in [0.25, 0.3) is 0 Å². The van der Waals surface area contributed by atoms with Gasteiger partial charge in [0.05, 0.1) is 24.4 Å². The third-order valence-electron chi connectivity index (χ3n) is 3.09. The molecule has 0 spiro atoms. The molecule has 8 heteroatoms. The molecule has 0 bridgehead atoms. The summed E-state index contributed by atoms with van der Waals surface area (Å²) in [5.41, 5.74) is 1.64. The van der Waals surface area contributed by atoms with E-state index < -0.39 is 0 Å². The number of hydrogen-bond acceptors (Lipinski definition) is 5. The molecule has 0 radical (unpaired) electrons. The molecule has 0 fully saturated rings. The Kier molecular flexibility index (Phi) is 2.97. The smallest absolute Gasteiger partial charge is 0.226 e. The largest absolute Gasteiger partial charge is 0.350 e. The summed E-state index contributed by atoms with van der Waals surface area (Å²) in [6.07, 6.45) is 8.00. The number of fused-ring (bicyclic) bond motifs is 2. The average Bonchev–Trinajstić information content (AvgIpc) is 3.14. The molecule has 0 unspecified atom stereocenters. The fourth-order valence-corrected chi connectivity index (χ4v) is 3.58. The fraction of sp³-hybridized carbons (Fsp3) is 0.154. The minimum Gasteiger partial charge on any atom is -0.350 e. The van der Waals surface area contributed by atoms with E-state index in [1.54, 1.807) is 22.7 Å². The van der Waals surface area contributed by atoms with Crippen LogP contribution in [0.5, 0.6) is 0 Å². The second-order valence-electron chi connectivity index (χ2n) is 4.60. The predicted octanol–water partition coefficient (Wildman–Crippen LogP) is 1.96. The number of nitrogens with zero attached hydrogens (tertiary/aromatic N) is 4. The summed E-state index contributed by atoms with van der Waals surface area (Å²) in [5, 5.41) is 6.83. The van der Waals surface area contributed by atoms with E-state index in [1.807, 2.05) is 44.3 Å². The van der Waals surface area contributed by atoms with Crippen molar-refractivity contribution in [2.45, 2.75) is 13.0 Å². The first-order valence-corrected chi connectivity index (χ1v) is 8.13. The first-order chi connectivity index (χ1) is 10.3. The molecule has 1 amide bonds. The zero-order chi connectivity index (χ0) is 14.2. The number of carbonyl (C=O) groups excluding carboxylic acids is 1. The monoisotopic (exact) mass is 317 g/mol. The van der Waals surface area contributed by atoms with Gasteiger partial charge in [-0.05, 0) is 0 Å². The highest BCUT2D eigenvalue weighted by atomic mass is 32.1. The summed E-state index contributed by atoms with van der Waals surface area (Å²) in [6.45, 7) is 0.440. The molecule has 4 rings (SSSR count). The van der Waals surface area contributed by atoms with Crippen LogP contribution in [-0.4, -0.2) is 24.7 Å². The van der Waals surface area contributed by atoms with Gasteiger partial charge in [-0.3, -0.25) is 13.6 Å². The number of imidazole rings is 2. The number of carbonyl (C=O) groups is 1. The first-order valence-electron chi connectivity index (χ1n) is 6.37. The summed E-state index contributed by atoms with van der Waals surface area (Å²) in [6, 6.07) is 0. The van der Waals surface area contributed by atoms with Gasteiger partial charge in [0.1, 0.15) is 0 Å². The van der Waals surface area contributed by atoms with Crippen molar-refractivity contribution in [3.05, 3.63) is 46.9 Å². The van der Waals surface area contributed by atoms with Crippen molar-refractivity contribution in [1.29, 1.82) is 0 Å². The van der Waals surface area contributed by atoms with Gasteiger partial charge in [-0.2, -0.15) is 0 Å². The highest BCUT2D eigenvalue weighted by Gasteiger charge is 2.09. The van der Waals surface area contributed by atoms with Gasteiger partial charge in [0.15, 0.2) is 9.92 Å². The van der Waals surface area contributed by atoms with Gasteiger partial charge in [0, 0.05) is 35.5 Å². The molecular formula is C13H11N5OS2. The summed E-state index contributed by atoms with van der Waals surface area (Å²) in [7, 11) is 0. The molecule has 4 heterocycles. The van der Waals surface area contributed by atoms with Crippen LogP contribution in [0.3, 0.4) is 0 Å². The van der Waals surface area contributed by atoms with E-state index >= 15 is 0 Å². The predicted molar refractivity (Wildman–Crippen MR) is 81.7 cm³/mol. The van der Waals surface area contributed by atoms with Gasteiger partial charge in [-0.15, -0.1) is 22.7 Å². The minimum atomic E-state index is -0.0443. The van der Waals surface area contributed by atoms with Crippen LogP contribution in [0.2, 0.25) is 0 Å². The zero-order valence-electron chi connectivity index (χ0n) is 10.9. The van der Waals surface area contributed by atoms with E-state index in [-0.39, 0.29) is 12.3 Å². The Morgan fingerprint density at radius 3 is 2.33 bits per heavy atom. The molecule has 0 aliphatic rings. The maximum Gasteiger partial charge on any atom is 0.226 e. The number of rotatable bonds is 4. The third-order valence-corrected chi connectivity index (χ3v) is 4.64. The van der Waals surface area contributed by atoms with Gasteiger partial charge < -0.3 is 5.32 Å². The van der Waals surface area contributed by atoms with Crippen LogP contribution in [-0.2, 0) is 17.8 Å². The Morgan fingerprint density at radius 2 is 1.67 bits per heavy atom. The number of amides is 1. The quantitative estimate of drug-likeness (QED) is 0.626. The van der Waals surface area contributed by atoms with Crippen molar-refractivity contribution in [3.8, 4) is 0 Å². The van der Waals surface area contributed by atoms with E-state index in [0.717, 1.165) is 21.3 Å². The van der Waals surface area contributed by atoms with E-state index in [4.69, 9.17) is 0 Å². The van der Waals surface area contributed by atoms with E-state index in [0.29, 0.717) is 6.54 Å². The normalized spacial score (nSPS) is 11.4. The van der Waals surface area contributed by atoms with E-state index in [2.05, 4.69) is 15.3 Å². The van der Waals surface area contributed by atoms with Gasteiger partial charge in [-0.25, -0.2) is 9.97 Å². The Bertz CT molecular complexity index is 858. The molecule has 4 aromatic heterocycles. The topological polar surface area (TPSA) is 63.7 Å². The summed E-state index contributed by atoms with van der Waals surface area (Å²) < 4.78 is 3.88. The third kappa shape index (κ3) is 2.43. The first kappa shape index (κ1) is 12.5. The SMILES string of the molecule is O=C(Cc1cn2ccsc2n1)NCc1cn2ccsc2n1. The number of nitrogens with one attached hydrogen (secondary N) is 1. The lowest BCUT2D eigenvalue weighted by molar-refractivity contribution is -0.120. The van der Waals surface area contributed by atoms with Crippen LogP contribution in [0.15, 0.2) is 35.5 Å². The number of thiazole rings is 2. The molecule has 0 saturated carbocycles. The molecular weight excluding hydrogens is 306 g/mol. The van der Waals surface area contributed by atoms with Crippen LogP contribution in [0.1, 0.15) is 11.4 Å². The Balaban J connectivity index is 1.39.